The average molecular weight is 246 g/mol. The van der Waals surface area contributed by atoms with Crippen molar-refractivity contribution in [2.75, 3.05) is 13.1 Å². The van der Waals surface area contributed by atoms with Gasteiger partial charge in [0.2, 0.25) is 0 Å². The summed E-state index contributed by atoms with van der Waals surface area (Å²) >= 11 is 0. The first-order chi connectivity index (χ1) is 8.39. The predicted molar refractivity (Wildman–Crippen MR) is 77.9 cm³/mol. The lowest BCUT2D eigenvalue weighted by Crippen LogP contribution is -2.43. The van der Waals surface area contributed by atoms with Crippen molar-refractivity contribution < 1.29 is 0 Å². The summed E-state index contributed by atoms with van der Waals surface area (Å²) < 4.78 is 0. The van der Waals surface area contributed by atoms with Gasteiger partial charge in [0.15, 0.2) is 0 Å². The van der Waals surface area contributed by atoms with Crippen LogP contribution in [-0.4, -0.2) is 18.6 Å². The second-order valence-corrected chi connectivity index (χ2v) is 6.79. The topological polar surface area (TPSA) is 24.1 Å². The van der Waals surface area contributed by atoms with Gasteiger partial charge in [-0.3, -0.25) is 0 Å². The fourth-order valence-electron chi connectivity index (χ4n) is 2.41. The van der Waals surface area contributed by atoms with E-state index >= 15 is 0 Å². The highest BCUT2D eigenvalue weighted by Crippen LogP contribution is 2.22. The van der Waals surface area contributed by atoms with Gasteiger partial charge < -0.3 is 10.6 Å². The van der Waals surface area contributed by atoms with E-state index in [-0.39, 0.29) is 11.0 Å². The van der Waals surface area contributed by atoms with E-state index in [0.717, 1.165) is 19.6 Å². The second kappa shape index (κ2) is 5.02. The normalized spacial score (nSPS) is 24.4. The van der Waals surface area contributed by atoms with Crippen LogP contribution in [0.3, 0.4) is 0 Å². The maximum Gasteiger partial charge on any atom is 0.0293 e. The van der Waals surface area contributed by atoms with E-state index in [0.29, 0.717) is 0 Å². The lowest BCUT2D eigenvalue weighted by Gasteiger charge is -2.25. The molecular formula is C16H26N2. The Hall–Kier alpha value is -0.860. The van der Waals surface area contributed by atoms with E-state index in [1.165, 1.54) is 17.5 Å². The van der Waals surface area contributed by atoms with Gasteiger partial charge in [-0.2, -0.15) is 0 Å². The van der Waals surface area contributed by atoms with Gasteiger partial charge >= 0.3 is 0 Å². The SMILES string of the molecule is CC1(NCc2ccc(C(C)(C)C)cc2)CCNC1. The molecule has 2 heteroatoms. The molecule has 18 heavy (non-hydrogen) atoms. The van der Waals surface area contributed by atoms with Crippen LogP contribution in [0.25, 0.3) is 0 Å². The molecule has 2 N–H and O–H groups in total. The molecule has 1 aliphatic rings. The number of nitrogens with one attached hydrogen (secondary N) is 2. The van der Waals surface area contributed by atoms with Crippen LogP contribution in [0, 0.1) is 0 Å². The van der Waals surface area contributed by atoms with Gasteiger partial charge in [0.25, 0.3) is 0 Å². The van der Waals surface area contributed by atoms with Gasteiger partial charge in [-0.05, 0) is 36.4 Å². The van der Waals surface area contributed by atoms with E-state index in [2.05, 4.69) is 62.6 Å². The predicted octanol–water partition coefficient (Wildman–Crippen LogP) is 2.83. The molecule has 2 nitrogen and oxygen atoms in total. The van der Waals surface area contributed by atoms with Crippen LogP contribution in [0.15, 0.2) is 24.3 Å². The smallest absolute Gasteiger partial charge is 0.0293 e. The molecule has 1 aromatic rings. The minimum Gasteiger partial charge on any atom is -0.315 e. The quantitative estimate of drug-likeness (QED) is 0.857. The van der Waals surface area contributed by atoms with Gasteiger partial charge in [0.1, 0.15) is 0 Å². The molecule has 0 aliphatic carbocycles. The molecule has 2 rings (SSSR count). The Morgan fingerprint density at radius 3 is 2.39 bits per heavy atom. The van der Waals surface area contributed by atoms with Crippen molar-refractivity contribution >= 4 is 0 Å². The molecule has 0 aromatic heterocycles. The molecule has 0 saturated carbocycles. The first kappa shape index (κ1) is 13.6. The summed E-state index contributed by atoms with van der Waals surface area (Å²) in [5, 5.41) is 7.09. The van der Waals surface area contributed by atoms with Crippen LogP contribution in [0.4, 0.5) is 0 Å². The molecular weight excluding hydrogens is 220 g/mol. The molecule has 1 aromatic carbocycles. The van der Waals surface area contributed by atoms with Gasteiger partial charge in [-0.25, -0.2) is 0 Å². The van der Waals surface area contributed by atoms with Crippen LogP contribution >= 0.6 is 0 Å². The van der Waals surface area contributed by atoms with E-state index in [4.69, 9.17) is 0 Å². The lowest BCUT2D eigenvalue weighted by molar-refractivity contribution is 0.385. The zero-order valence-corrected chi connectivity index (χ0v) is 12.1. The van der Waals surface area contributed by atoms with Crippen molar-refractivity contribution in [2.24, 2.45) is 0 Å². The van der Waals surface area contributed by atoms with Gasteiger partial charge in [-0.1, -0.05) is 45.0 Å². The summed E-state index contributed by atoms with van der Waals surface area (Å²) in [4.78, 5) is 0. The molecule has 1 fully saturated rings. The van der Waals surface area contributed by atoms with E-state index in [1.807, 2.05) is 0 Å². The molecule has 1 saturated heterocycles. The third-order valence-corrected chi connectivity index (χ3v) is 3.91. The zero-order valence-electron chi connectivity index (χ0n) is 12.1. The fraction of sp³-hybridized carbons (Fsp3) is 0.625. The number of benzene rings is 1. The van der Waals surface area contributed by atoms with Crippen LogP contribution in [0.5, 0.6) is 0 Å². The van der Waals surface area contributed by atoms with Crippen molar-refractivity contribution in [1.29, 1.82) is 0 Å². The Morgan fingerprint density at radius 1 is 1.22 bits per heavy atom. The Balaban J connectivity index is 1.94. The minimum absolute atomic E-state index is 0.243. The highest BCUT2D eigenvalue weighted by Gasteiger charge is 2.27. The van der Waals surface area contributed by atoms with Crippen LogP contribution in [0.1, 0.15) is 45.2 Å². The van der Waals surface area contributed by atoms with Crippen molar-refractivity contribution in [2.45, 2.75) is 51.6 Å². The lowest BCUT2D eigenvalue weighted by atomic mass is 9.86. The summed E-state index contributed by atoms with van der Waals surface area (Å²) in [5.41, 5.74) is 3.28. The maximum atomic E-state index is 3.67. The third kappa shape index (κ3) is 3.33. The molecule has 0 bridgehead atoms. The standard InChI is InChI=1S/C16H26N2/c1-15(2,3)14-7-5-13(6-8-14)11-18-16(4)9-10-17-12-16/h5-8,17-18H,9-12H2,1-4H3. The fourth-order valence-corrected chi connectivity index (χ4v) is 2.41. The Bertz CT molecular complexity index is 381. The van der Waals surface area contributed by atoms with E-state index < -0.39 is 0 Å². The van der Waals surface area contributed by atoms with Gasteiger partial charge in [-0.15, -0.1) is 0 Å². The maximum absolute atomic E-state index is 3.67. The molecule has 1 unspecified atom stereocenters. The number of hydrogen-bond donors (Lipinski definition) is 2. The molecule has 0 radical (unpaired) electrons. The van der Waals surface area contributed by atoms with Crippen LogP contribution < -0.4 is 10.6 Å². The van der Waals surface area contributed by atoms with Gasteiger partial charge in [0, 0.05) is 18.6 Å². The summed E-state index contributed by atoms with van der Waals surface area (Å²) in [6.07, 6.45) is 1.22. The van der Waals surface area contributed by atoms with Crippen molar-refractivity contribution in [1.82, 2.24) is 10.6 Å². The van der Waals surface area contributed by atoms with E-state index in [1.54, 1.807) is 0 Å². The summed E-state index contributed by atoms with van der Waals surface area (Å²) in [6, 6.07) is 9.01. The Labute approximate surface area is 111 Å². The van der Waals surface area contributed by atoms with Crippen molar-refractivity contribution in [3.8, 4) is 0 Å². The largest absolute Gasteiger partial charge is 0.315 e. The molecule has 100 valence electrons. The first-order valence-corrected chi connectivity index (χ1v) is 6.94. The highest BCUT2D eigenvalue weighted by atomic mass is 15.1. The Kier molecular flexibility index (Phi) is 3.79. The number of rotatable bonds is 3. The van der Waals surface area contributed by atoms with Gasteiger partial charge in [0.05, 0.1) is 0 Å². The zero-order chi connectivity index (χ0) is 13.2. The number of hydrogen-bond acceptors (Lipinski definition) is 2. The third-order valence-electron chi connectivity index (χ3n) is 3.91. The highest BCUT2D eigenvalue weighted by molar-refractivity contribution is 5.27. The van der Waals surface area contributed by atoms with Crippen molar-refractivity contribution in [3.63, 3.8) is 0 Å². The molecule has 0 spiro atoms. The Morgan fingerprint density at radius 2 is 1.89 bits per heavy atom. The monoisotopic (exact) mass is 246 g/mol. The van der Waals surface area contributed by atoms with E-state index in [9.17, 15) is 0 Å². The minimum atomic E-state index is 0.243. The second-order valence-electron chi connectivity index (χ2n) is 6.79. The molecule has 1 atom stereocenters. The first-order valence-electron chi connectivity index (χ1n) is 6.94. The summed E-state index contributed by atoms with van der Waals surface area (Å²) in [7, 11) is 0. The van der Waals surface area contributed by atoms with Crippen LogP contribution in [-0.2, 0) is 12.0 Å². The molecule has 0 amide bonds. The summed E-state index contributed by atoms with van der Waals surface area (Å²) in [6.45, 7) is 12.2. The van der Waals surface area contributed by atoms with Crippen molar-refractivity contribution in [3.05, 3.63) is 35.4 Å². The molecule has 1 heterocycles. The summed E-state index contributed by atoms with van der Waals surface area (Å²) in [5.74, 6) is 0. The molecule has 1 aliphatic heterocycles. The average Bonchev–Trinajstić information content (AvgIpc) is 2.74. The van der Waals surface area contributed by atoms with Crippen LogP contribution in [0.2, 0.25) is 0 Å².